The van der Waals surface area contributed by atoms with Crippen molar-refractivity contribution in [3.05, 3.63) is 30.1 Å². The molecule has 104 valence electrons. The van der Waals surface area contributed by atoms with Crippen LogP contribution in [0, 0.1) is 0 Å². The number of alkyl halides is 3. The number of imidazole rings is 1. The van der Waals surface area contributed by atoms with Crippen LogP contribution >= 0.6 is 0 Å². The predicted molar refractivity (Wildman–Crippen MR) is 65.8 cm³/mol. The molecule has 1 aromatic carbocycles. The summed E-state index contributed by atoms with van der Waals surface area (Å²) in [5, 5.41) is 0. The van der Waals surface area contributed by atoms with Crippen LogP contribution in [-0.4, -0.2) is 23.3 Å². The zero-order valence-corrected chi connectivity index (χ0v) is 10.6. The number of methoxy groups -OCH3 is 1. The zero-order valence-electron chi connectivity index (χ0n) is 10.6. The van der Waals surface area contributed by atoms with Crippen LogP contribution in [0.5, 0.6) is 0 Å². The minimum absolute atomic E-state index is 0.290. The second-order valence-electron chi connectivity index (χ2n) is 4.27. The maximum Gasteiger partial charge on any atom is 0.449 e. The Morgan fingerprint density at radius 1 is 1.21 bits per heavy atom. The molecule has 3 nitrogen and oxygen atoms in total. The van der Waals surface area contributed by atoms with Gasteiger partial charge in [0.1, 0.15) is 0 Å². The lowest BCUT2D eigenvalue weighted by Gasteiger charge is -2.11. The number of hydrogen-bond donors (Lipinski definition) is 0. The van der Waals surface area contributed by atoms with E-state index in [0.29, 0.717) is 30.6 Å². The summed E-state index contributed by atoms with van der Waals surface area (Å²) in [6.07, 6.45) is -3.09. The van der Waals surface area contributed by atoms with Crippen LogP contribution in [-0.2, 0) is 17.5 Å². The molecule has 0 saturated carbocycles. The molecule has 0 N–H and O–H groups in total. The normalized spacial score (nSPS) is 12.2. The summed E-state index contributed by atoms with van der Waals surface area (Å²) in [6, 6.07) is 6.66. The number of benzene rings is 1. The molecular formula is C13H15F3N2O. The van der Waals surface area contributed by atoms with E-state index in [2.05, 4.69) is 4.98 Å². The largest absolute Gasteiger partial charge is 0.449 e. The van der Waals surface area contributed by atoms with Crippen LogP contribution in [0.15, 0.2) is 24.3 Å². The van der Waals surface area contributed by atoms with E-state index in [-0.39, 0.29) is 0 Å². The highest BCUT2D eigenvalue weighted by Gasteiger charge is 2.37. The minimum Gasteiger partial charge on any atom is -0.385 e. The average molecular weight is 272 g/mol. The van der Waals surface area contributed by atoms with Gasteiger partial charge < -0.3 is 9.30 Å². The molecule has 0 atom stereocenters. The van der Waals surface area contributed by atoms with Gasteiger partial charge in [0.2, 0.25) is 5.82 Å². The van der Waals surface area contributed by atoms with Crippen molar-refractivity contribution >= 4 is 11.0 Å². The summed E-state index contributed by atoms with van der Waals surface area (Å²) >= 11 is 0. The number of halogens is 3. The second-order valence-corrected chi connectivity index (χ2v) is 4.27. The average Bonchev–Trinajstić information content (AvgIpc) is 2.74. The molecule has 0 spiro atoms. The van der Waals surface area contributed by atoms with E-state index in [4.69, 9.17) is 4.74 Å². The molecule has 0 amide bonds. The summed E-state index contributed by atoms with van der Waals surface area (Å²) in [5.74, 6) is -0.828. The van der Waals surface area contributed by atoms with E-state index in [1.165, 1.54) is 4.57 Å². The molecule has 0 fully saturated rings. The molecule has 2 aromatic rings. The molecule has 6 heteroatoms. The topological polar surface area (TPSA) is 27.1 Å². The number of para-hydroxylation sites is 2. The van der Waals surface area contributed by atoms with Gasteiger partial charge >= 0.3 is 6.18 Å². The van der Waals surface area contributed by atoms with Crippen molar-refractivity contribution < 1.29 is 17.9 Å². The molecule has 0 aliphatic heterocycles. The lowest BCUT2D eigenvalue weighted by Crippen LogP contribution is -2.15. The van der Waals surface area contributed by atoms with Crippen molar-refractivity contribution in [1.82, 2.24) is 9.55 Å². The lowest BCUT2D eigenvalue weighted by atomic mass is 10.3. The monoisotopic (exact) mass is 272 g/mol. The summed E-state index contributed by atoms with van der Waals surface area (Å²) in [6.45, 7) is 0.840. The van der Waals surface area contributed by atoms with E-state index in [9.17, 15) is 13.2 Å². The first-order valence-corrected chi connectivity index (χ1v) is 6.05. The van der Waals surface area contributed by atoms with E-state index in [1.807, 2.05) is 0 Å². The van der Waals surface area contributed by atoms with Crippen molar-refractivity contribution in [2.75, 3.05) is 13.7 Å². The van der Waals surface area contributed by atoms with Crippen LogP contribution in [0.25, 0.3) is 11.0 Å². The van der Waals surface area contributed by atoms with Gasteiger partial charge in [0.25, 0.3) is 0 Å². The van der Waals surface area contributed by atoms with E-state index in [1.54, 1.807) is 31.4 Å². The zero-order chi connectivity index (χ0) is 13.9. The molecule has 1 aromatic heterocycles. The van der Waals surface area contributed by atoms with Crippen molar-refractivity contribution in [3.63, 3.8) is 0 Å². The smallest absolute Gasteiger partial charge is 0.385 e. The number of unbranched alkanes of at least 4 members (excludes halogenated alkanes) is 1. The third-order valence-electron chi connectivity index (χ3n) is 2.89. The first kappa shape index (κ1) is 13.9. The molecule has 0 radical (unpaired) electrons. The SMILES string of the molecule is COCCCCn1c(C(F)(F)F)nc2ccccc21. The fourth-order valence-electron chi connectivity index (χ4n) is 2.03. The van der Waals surface area contributed by atoms with Crippen LogP contribution in [0.1, 0.15) is 18.7 Å². The molecule has 2 rings (SSSR count). The highest BCUT2D eigenvalue weighted by Crippen LogP contribution is 2.31. The number of rotatable bonds is 5. The first-order chi connectivity index (χ1) is 9.04. The van der Waals surface area contributed by atoms with E-state index < -0.39 is 12.0 Å². The standard InChI is InChI=1S/C13H15F3N2O/c1-19-9-5-4-8-18-11-7-3-2-6-10(11)17-12(18)13(14,15)16/h2-3,6-7H,4-5,8-9H2,1H3. The Hall–Kier alpha value is -1.56. The summed E-state index contributed by atoms with van der Waals surface area (Å²) in [4.78, 5) is 3.69. The van der Waals surface area contributed by atoms with Gasteiger partial charge in [-0.1, -0.05) is 12.1 Å². The van der Waals surface area contributed by atoms with Crippen molar-refractivity contribution in [2.24, 2.45) is 0 Å². The summed E-state index contributed by atoms with van der Waals surface area (Å²) in [5.41, 5.74) is 0.897. The Labute approximate surface area is 109 Å². The number of aromatic nitrogens is 2. The van der Waals surface area contributed by atoms with Gasteiger partial charge in [-0.15, -0.1) is 0 Å². The maximum absolute atomic E-state index is 13.0. The molecule has 0 aliphatic rings. The molecular weight excluding hydrogens is 257 g/mol. The van der Waals surface area contributed by atoms with Gasteiger partial charge in [0, 0.05) is 20.3 Å². The van der Waals surface area contributed by atoms with Crippen molar-refractivity contribution in [1.29, 1.82) is 0 Å². The molecule has 1 heterocycles. The fourth-order valence-corrected chi connectivity index (χ4v) is 2.03. The van der Waals surface area contributed by atoms with Crippen LogP contribution in [0.3, 0.4) is 0 Å². The molecule has 0 saturated heterocycles. The summed E-state index contributed by atoms with van der Waals surface area (Å²) in [7, 11) is 1.58. The van der Waals surface area contributed by atoms with E-state index >= 15 is 0 Å². The number of hydrogen-bond acceptors (Lipinski definition) is 2. The Morgan fingerprint density at radius 2 is 1.95 bits per heavy atom. The van der Waals surface area contributed by atoms with Crippen molar-refractivity contribution in [3.8, 4) is 0 Å². The fraction of sp³-hybridized carbons (Fsp3) is 0.462. The molecule has 0 aliphatic carbocycles. The minimum atomic E-state index is -4.43. The Kier molecular flexibility index (Phi) is 4.09. The number of ether oxygens (including phenoxy) is 1. The van der Waals surface area contributed by atoms with Gasteiger partial charge in [-0.2, -0.15) is 13.2 Å². The van der Waals surface area contributed by atoms with Gasteiger partial charge in [0.05, 0.1) is 11.0 Å². The Bertz CT molecular complexity index is 548. The first-order valence-electron chi connectivity index (χ1n) is 6.05. The Balaban J connectivity index is 2.32. The highest BCUT2D eigenvalue weighted by molar-refractivity contribution is 5.76. The van der Waals surface area contributed by atoms with Gasteiger partial charge in [-0.05, 0) is 25.0 Å². The van der Waals surface area contributed by atoms with Crippen molar-refractivity contribution in [2.45, 2.75) is 25.6 Å². The lowest BCUT2D eigenvalue weighted by molar-refractivity contribution is -0.147. The third-order valence-corrected chi connectivity index (χ3v) is 2.89. The quantitative estimate of drug-likeness (QED) is 0.779. The number of nitrogens with zero attached hydrogens (tertiary/aromatic N) is 2. The van der Waals surface area contributed by atoms with Crippen LogP contribution in [0.2, 0.25) is 0 Å². The van der Waals surface area contributed by atoms with Gasteiger partial charge in [-0.25, -0.2) is 4.98 Å². The van der Waals surface area contributed by atoms with E-state index in [0.717, 1.165) is 6.42 Å². The maximum atomic E-state index is 13.0. The molecule has 19 heavy (non-hydrogen) atoms. The second kappa shape index (κ2) is 5.61. The molecule has 0 unspecified atom stereocenters. The van der Waals surface area contributed by atoms with Gasteiger partial charge in [-0.3, -0.25) is 0 Å². The number of fused-ring (bicyclic) bond motifs is 1. The third kappa shape index (κ3) is 3.07. The Morgan fingerprint density at radius 3 is 2.63 bits per heavy atom. The molecule has 0 bridgehead atoms. The van der Waals surface area contributed by atoms with Crippen LogP contribution in [0.4, 0.5) is 13.2 Å². The predicted octanol–water partition coefficient (Wildman–Crippen LogP) is 3.48. The summed E-state index contributed by atoms with van der Waals surface area (Å²) < 4.78 is 45.0. The van der Waals surface area contributed by atoms with Crippen LogP contribution < -0.4 is 0 Å². The highest BCUT2D eigenvalue weighted by atomic mass is 19.4. The van der Waals surface area contributed by atoms with Gasteiger partial charge in [0.15, 0.2) is 0 Å². The number of aryl methyl sites for hydroxylation is 1.